The predicted octanol–water partition coefficient (Wildman–Crippen LogP) is 2.45. The second kappa shape index (κ2) is 7.90. The summed E-state index contributed by atoms with van der Waals surface area (Å²) in [7, 11) is 1.59. The molecule has 4 heteroatoms. The van der Waals surface area contributed by atoms with Gasteiger partial charge in [0.25, 0.3) is 5.91 Å². The first-order valence-corrected chi connectivity index (χ1v) is 7.13. The van der Waals surface area contributed by atoms with E-state index in [2.05, 4.69) is 13.8 Å². The van der Waals surface area contributed by atoms with Gasteiger partial charge in [-0.15, -0.1) is 0 Å². The highest BCUT2D eigenvalue weighted by molar-refractivity contribution is 5.97. The molecule has 1 rings (SSSR count). The number of hydrogen-bond donors (Lipinski definition) is 1. The molecule has 4 nitrogen and oxygen atoms in total. The highest BCUT2D eigenvalue weighted by Gasteiger charge is 2.20. The summed E-state index contributed by atoms with van der Waals surface area (Å²) in [5, 5.41) is 0. The number of ether oxygens (including phenoxy) is 1. The molecule has 0 bridgehead atoms. The number of nitrogens with two attached hydrogens (primary N) is 1. The number of amides is 1. The molecule has 0 radical (unpaired) electrons. The lowest BCUT2D eigenvalue weighted by molar-refractivity contribution is 0.0731. The average Bonchev–Trinajstić information content (AvgIpc) is 2.42. The lowest BCUT2D eigenvalue weighted by Crippen LogP contribution is -2.36. The third kappa shape index (κ3) is 4.53. The van der Waals surface area contributed by atoms with Crippen LogP contribution in [0.3, 0.4) is 0 Å². The van der Waals surface area contributed by atoms with Crippen LogP contribution in [0.2, 0.25) is 0 Å². The maximum Gasteiger partial charge on any atom is 0.257 e. The van der Waals surface area contributed by atoms with Crippen molar-refractivity contribution in [1.29, 1.82) is 0 Å². The number of carbonyl (C=O) groups excluding carboxylic acids is 1. The molecule has 0 heterocycles. The standard InChI is InChI=1S/C16H26N2O2/c1-12(2)11-18(9-5-8-17)16(19)14-10-13(3)6-7-15(14)20-4/h6-7,10,12H,5,8-9,11,17H2,1-4H3. The third-order valence-electron chi connectivity index (χ3n) is 3.09. The van der Waals surface area contributed by atoms with E-state index in [1.165, 1.54) is 0 Å². The van der Waals surface area contributed by atoms with E-state index < -0.39 is 0 Å². The Hall–Kier alpha value is -1.55. The quantitative estimate of drug-likeness (QED) is 0.833. The van der Waals surface area contributed by atoms with E-state index in [1.807, 2.05) is 30.0 Å². The molecule has 0 spiro atoms. The summed E-state index contributed by atoms with van der Waals surface area (Å²) in [5.41, 5.74) is 7.25. The summed E-state index contributed by atoms with van der Waals surface area (Å²) in [6.45, 7) is 8.20. The molecule has 0 saturated carbocycles. The van der Waals surface area contributed by atoms with Gasteiger partial charge in [-0.1, -0.05) is 25.5 Å². The SMILES string of the molecule is COc1ccc(C)cc1C(=O)N(CCCN)CC(C)C. The van der Waals surface area contributed by atoms with Gasteiger partial charge >= 0.3 is 0 Å². The largest absolute Gasteiger partial charge is 0.496 e. The van der Waals surface area contributed by atoms with E-state index in [0.717, 1.165) is 18.5 Å². The van der Waals surface area contributed by atoms with Crippen molar-refractivity contribution in [3.05, 3.63) is 29.3 Å². The highest BCUT2D eigenvalue weighted by Crippen LogP contribution is 2.22. The summed E-state index contributed by atoms with van der Waals surface area (Å²) in [5.74, 6) is 1.07. The van der Waals surface area contributed by atoms with Crippen LogP contribution in [0.15, 0.2) is 18.2 Å². The minimum Gasteiger partial charge on any atom is -0.496 e. The van der Waals surface area contributed by atoms with Gasteiger partial charge in [-0.3, -0.25) is 4.79 Å². The number of rotatable bonds is 7. The third-order valence-corrected chi connectivity index (χ3v) is 3.09. The summed E-state index contributed by atoms with van der Waals surface area (Å²) < 4.78 is 5.31. The molecule has 0 aliphatic carbocycles. The van der Waals surface area contributed by atoms with Gasteiger partial charge in [0.1, 0.15) is 5.75 Å². The fourth-order valence-electron chi connectivity index (χ4n) is 2.16. The maximum atomic E-state index is 12.7. The molecule has 2 N–H and O–H groups in total. The number of nitrogens with zero attached hydrogens (tertiary/aromatic N) is 1. The van der Waals surface area contributed by atoms with Crippen molar-refractivity contribution in [3.63, 3.8) is 0 Å². The average molecular weight is 278 g/mol. The van der Waals surface area contributed by atoms with E-state index in [4.69, 9.17) is 10.5 Å². The maximum absolute atomic E-state index is 12.7. The van der Waals surface area contributed by atoms with Gasteiger partial charge in [0, 0.05) is 13.1 Å². The Balaban J connectivity index is 3.00. The molecular weight excluding hydrogens is 252 g/mol. The number of carbonyl (C=O) groups is 1. The normalized spacial score (nSPS) is 10.7. The van der Waals surface area contributed by atoms with Crippen LogP contribution in [0.5, 0.6) is 5.75 Å². The molecule has 112 valence electrons. The van der Waals surface area contributed by atoms with E-state index in [-0.39, 0.29) is 5.91 Å². The molecule has 0 aliphatic rings. The van der Waals surface area contributed by atoms with Gasteiger partial charge < -0.3 is 15.4 Å². The summed E-state index contributed by atoms with van der Waals surface area (Å²) in [4.78, 5) is 14.6. The minimum atomic E-state index is 0.0210. The Labute approximate surface area is 121 Å². The summed E-state index contributed by atoms with van der Waals surface area (Å²) in [6, 6.07) is 5.68. The van der Waals surface area contributed by atoms with Crippen molar-refractivity contribution in [3.8, 4) is 5.75 Å². The smallest absolute Gasteiger partial charge is 0.257 e. The van der Waals surface area contributed by atoms with Crippen molar-refractivity contribution in [1.82, 2.24) is 4.90 Å². The van der Waals surface area contributed by atoms with Crippen molar-refractivity contribution < 1.29 is 9.53 Å². The van der Waals surface area contributed by atoms with Crippen molar-refractivity contribution >= 4 is 5.91 Å². The monoisotopic (exact) mass is 278 g/mol. The Bertz CT molecular complexity index is 444. The van der Waals surface area contributed by atoms with Gasteiger partial charge in [-0.2, -0.15) is 0 Å². The van der Waals surface area contributed by atoms with Crippen molar-refractivity contribution in [2.45, 2.75) is 27.2 Å². The van der Waals surface area contributed by atoms with Crippen LogP contribution in [0.4, 0.5) is 0 Å². The van der Waals surface area contributed by atoms with Crippen LogP contribution < -0.4 is 10.5 Å². The molecule has 0 aromatic heterocycles. The lowest BCUT2D eigenvalue weighted by Gasteiger charge is -2.25. The fourth-order valence-corrected chi connectivity index (χ4v) is 2.16. The summed E-state index contributed by atoms with van der Waals surface area (Å²) in [6.07, 6.45) is 0.812. The second-order valence-corrected chi connectivity index (χ2v) is 5.49. The topological polar surface area (TPSA) is 55.6 Å². The minimum absolute atomic E-state index is 0.0210. The number of benzene rings is 1. The molecule has 20 heavy (non-hydrogen) atoms. The van der Waals surface area contributed by atoms with Crippen LogP contribution in [-0.4, -0.2) is 37.6 Å². The first-order valence-electron chi connectivity index (χ1n) is 7.13. The Morgan fingerprint density at radius 3 is 2.65 bits per heavy atom. The zero-order chi connectivity index (χ0) is 15.1. The molecule has 0 aliphatic heterocycles. The van der Waals surface area contributed by atoms with Gasteiger partial charge in [0.2, 0.25) is 0 Å². The molecule has 1 aromatic rings. The first kappa shape index (κ1) is 16.5. The van der Waals surface area contributed by atoms with Crippen LogP contribution >= 0.6 is 0 Å². The van der Waals surface area contributed by atoms with E-state index in [9.17, 15) is 4.79 Å². The molecule has 0 unspecified atom stereocenters. The molecule has 0 atom stereocenters. The number of methoxy groups -OCH3 is 1. The van der Waals surface area contributed by atoms with E-state index in [0.29, 0.717) is 30.3 Å². The van der Waals surface area contributed by atoms with Crippen molar-refractivity contribution in [2.75, 3.05) is 26.7 Å². The fraction of sp³-hybridized carbons (Fsp3) is 0.562. The molecule has 0 saturated heterocycles. The molecule has 0 fully saturated rings. The van der Waals surface area contributed by atoms with Crippen LogP contribution in [0, 0.1) is 12.8 Å². The zero-order valence-corrected chi connectivity index (χ0v) is 13.0. The zero-order valence-electron chi connectivity index (χ0n) is 13.0. The van der Waals surface area contributed by atoms with Gasteiger partial charge in [-0.25, -0.2) is 0 Å². The second-order valence-electron chi connectivity index (χ2n) is 5.49. The molecular formula is C16H26N2O2. The number of hydrogen-bond acceptors (Lipinski definition) is 3. The summed E-state index contributed by atoms with van der Waals surface area (Å²) >= 11 is 0. The van der Waals surface area contributed by atoms with Gasteiger partial charge in [0.15, 0.2) is 0 Å². The Morgan fingerprint density at radius 1 is 1.40 bits per heavy atom. The predicted molar refractivity (Wildman–Crippen MR) is 82.1 cm³/mol. The highest BCUT2D eigenvalue weighted by atomic mass is 16.5. The Morgan fingerprint density at radius 2 is 2.10 bits per heavy atom. The van der Waals surface area contributed by atoms with Gasteiger partial charge in [-0.05, 0) is 37.9 Å². The molecule has 1 aromatic carbocycles. The van der Waals surface area contributed by atoms with E-state index in [1.54, 1.807) is 7.11 Å². The molecule has 1 amide bonds. The lowest BCUT2D eigenvalue weighted by atomic mass is 10.1. The van der Waals surface area contributed by atoms with Crippen LogP contribution in [0.1, 0.15) is 36.2 Å². The first-order chi connectivity index (χ1) is 9.49. The van der Waals surface area contributed by atoms with Crippen molar-refractivity contribution in [2.24, 2.45) is 11.7 Å². The van der Waals surface area contributed by atoms with Crippen LogP contribution in [0.25, 0.3) is 0 Å². The van der Waals surface area contributed by atoms with Gasteiger partial charge in [0.05, 0.1) is 12.7 Å². The number of aryl methyl sites for hydroxylation is 1. The van der Waals surface area contributed by atoms with E-state index >= 15 is 0 Å². The Kier molecular flexibility index (Phi) is 6.52. The van der Waals surface area contributed by atoms with Crippen LogP contribution in [-0.2, 0) is 0 Å².